The van der Waals surface area contributed by atoms with Gasteiger partial charge in [-0.05, 0) is 30.5 Å². The van der Waals surface area contributed by atoms with Crippen molar-refractivity contribution < 1.29 is 9.59 Å². The average molecular weight is 349 g/mol. The molecule has 5 heteroatoms. The highest BCUT2D eigenvalue weighted by Crippen LogP contribution is 2.50. The zero-order chi connectivity index (χ0) is 17.5. The van der Waals surface area contributed by atoms with Crippen LogP contribution in [0.1, 0.15) is 39.2 Å². The van der Waals surface area contributed by atoms with Crippen LogP contribution in [0.15, 0.2) is 24.3 Å². The Bertz CT molecular complexity index is 654. The van der Waals surface area contributed by atoms with Gasteiger partial charge in [-0.15, -0.1) is 0 Å². The van der Waals surface area contributed by atoms with Gasteiger partial charge in [0.25, 0.3) is 0 Å². The predicted molar refractivity (Wildman–Crippen MR) is 95.0 cm³/mol. The smallest absolute Gasteiger partial charge is 0.233 e. The summed E-state index contributed by atoms with van der Waals surface area (Å²) in [5, 5.41) is 0.673. The number of piperazine rings is 1. The fraction of sp³-hybridized carbons (Fsp3) is 0.579. The number of halogens is 1. The molecule has 1 aliphatic heterocycles. The average Bonchev–Trinajstić information content (AvgIpc) is 3.34. The lowest BCUT2D eigenvalue weighted by Gasteiger charge is -2.39. The molecule has 1 heterocycles. The van der Waals surface area contributed by atoms with Crippen LogP contribution in [0.4, 0.5) is 0 Å². The number of rotatable bonds is 2. The Balaban J connectivity index is 1.67. The normalized spacial score (nSPS) is 20.0. The molecule has 0 spiro atoms. The van der Waals surface area contributed by atoms with Gasteiger partial charge in [0.1, 0.15) is 0 Å². The molecular weight excluding hydrogens is 324 g/mol. The van der Waals surface area contributed by atoms with Crippen LogP contribution >= 0.6 is 11.6 Å². The van der Waals surface area contributed by atoms with Crippen LogP contribution in [-0.4, -0.2) is 47.8 Å². The number of carbonyl (C=O) groups is 2. The van der Waals surface area contributed by atoms with Gasteiger partial charge in [0.05, 0.1) is 5.41 Å². The monoisotopic (exact) mass is 348 g/mol. The van der Waals surface area contributed by atoms with Crippen molar-refractivity contribution in [3.8, 4) is 0 Å². The van der Waals surface area contributed by atoms with E-state index in [0.29, 0.717) is 31.2 Å². The van der Waals surface area contributed by atoms with Crippen LogP contribution in [0.25, 0.3) is 0 Å². The Labute approximate surface area is 148 Å². The van der Waals surface area contributed by atoms with Crippen LogP contribution in [0.3, 0.4) is 0 Å². The van der Waals surface area contributed by atoms with Crippen molar-refractivity contribution in [2.45, 2.75) is 39.0 Å². The van der Waals surface area contributed by atoms with Crippen molar-refractivity contribution in [2.75, 3.05) is 26.2 Å². The van der Waals surface area contributed by atoms with Crippen LogP contribution in [-0.2, 0) is 15.0 Å². The Morgan fingerprint density at radius 1 is 1.04 bits per heavy atom. The molecule has 0 radical (unpaired) electrons. The van der Waals surface area contributed by atoms with Gasteiger partial charge in [-0.3, -0.25) is 9.59 Å². The van der Waals surface area contributed by atoms with E-state index in [1.54, 1.807) is 0 Å². The highest BCUT2D eigenvalue weighted by Gasteiger charge is 2.53. The number of hydrogen-bond acceptors (Lipinski definition) is 2. The van der Waals surface area contributed by atoms with Gasteiger partial charge in [0.15, 0.2) is 0 Å². The molecule has 1 aromatic rings. The fourth-order valence-corrected chi connectivity index (χ4v) is 3.62. The molecule has 1 saturated heterocycles. The zero-order valence-corrected chi connectivity index (χ0v) is 15.4. The molecule has 0 atom stereocenters. The predicted octanol–water partition coefficient (Wildman–Crippen LogP) is 3.09. The molecule has 3 rings (SSSR count). The van der Waals surface area contributed by atoms with Crippen molar-refractivity contribution in [3.63, 3.8) is 0 Å². The second-order valence-electron chi connectivity index (χ2n) is 7.93. The van der Waals surface area contributed by atoms with E-state index in [9.17, 15) is 9.59 Å². The number of benzene rings is 1. The molecule has 24 heavy (non-hydrogen) atoms. The molecule has 4 nitrogen and oxygen atoms in total. The van der Waals surface area contributed by atoms with Crippen molar-refractivity contribution in [1.82, 2.24) is 9.80 Å². The minimum Gasteiger partial charge on any atom is -0.339 e. The third-order valence-corrected chi connectivity index (χ3v) is 5.27. The highest BCUT2D eigenvalue weighted by molar-refractivity contribution is 6.30. The van der Waals surface area contributed by atoms with Crippen LogP contribution < -0.4 is 0 Å². The van der Waals surface area contributed by atoms with Crippen molar-refractivity contribution in [2.24, 2.45) is 5.41 Å². The Morgan fingerprint density at radius 3 is 2.12 bits per heavy atom. The topological polar surface area (TPSA) is 40.6 Å². The van der Waals surface area contributed by atoms with Crippen molar-refractivity contribution >= 4 is 23.4 Å². The Morgan fingerprint density at radius 2 is 1.62 bits per heavy atom. The lowest BCUT2D eigenvalue weighted by molar-refractivity contribution is -0.145. The summed E-state index contributed by atoms with van der Waals surface area (Å²) in [6.07, 6.45) is 1.76. The van der Waals surface area contributed by atoms with Crippen LogP contribution in [0.5, 0.6) is 0 Å². The SMILES string of the molecule is CC(C)(C)C(=O)N1CCN(C(=O)C2(c3cccc(Cl)c3)CC2)CC1. The summed E-state index contributed by atoms with van der Waals surface area (Å²) in [7, 11) is 0. The van der Waals surface area contributed by atoms with Crippen LogP contribution in [0.2, 0.25) is 5.02 Å². The second-order valence-corrected chi connectivity index (χ2v) is 8.36. The molecule has 0 aromatic heterocycles. The third-order valence-electron chi connectivity index (χ3n) is 5.03. The second kappa shape index (κ2) is 6.07. The zero-order valence-electron chi connectivity index (χ0n) is 14.6. The lowest BCUT2D eigenvalue weighted by Crippen LogP contribution is -2.54. The molecule has 2 fully saturated rings. The molecule has 2 aliphatic rings. The lowest BCUT2D eigenvalue weighted by atomic mass is 9.93. The first-order chi connectivity index (χ1) is 11.2. The molecule has 0 unspecified atom stereocenters. The van der Waals surface area contributed by atoms with E-state index in [1.165, 1.54) is 0 Å². The maximum Gasteiger partial charge on any atom is 0.233 e. The first-order valence-corrected chi connectivity index (χ1v) is 8.97. The van der Waals surface area contributed by atoms with E-state index in [-0.39, 0.29) is 22.6 Å². The first-order valence-electron chi connectivity index (χ1n) is 8.59. The van der Waals surface area contributed by atoms with Crippen molar-refractivity contribution in [1.29, 1.82) is 0 Å². The first kappa shape index (κ1) is 17.3. The molecule has 0 bridgehead atoms. The van der Waals surface area contributed by atoms with Gasteiger partial charge >= 0.3 is 0 Å². The summed E-state index contributed by atoms with van der Waals surface area (Å²) in [5.74, 6) is 0.346. The molecular formula is C19H25ClN2O2. The molecule has 130 valence electrons. The molecule has 1 saturated carbocycles. The van der Waals surface area contributed by atoms with E-state index < -0.39 is 0 Å². The minimum atomic E-state index is -0.388. The van der Waals surface area contributed by atoms with E-state index in [2.05, 4.69) is 0 Å². The number of hydrogen-bond donors (Lipinski definition) is 0. The number of amides is 2. The van der Waals surface area contributed by atoms with E-state index in [0.717, 1.165) is 18.4 Å². The van der Waals surface area contributed by atoms with Crippen LogP contribution in [0, 0.1) is 5.41 Å². The summed E-state index contributed by atoms with van der Waals surface area (Å²) in [6, 6.07) is 7.65. The molecule has 1 aliphatic carbocycles. The maximum absolute atomic E-state index is 13.0. The largest absolute Gasteiger partial charge is 0.339 e. The fourth-order valence-electron chi connectivity index (χ4n) is 3.43. The van der Waals surface area contributed by atoms with Gasteiger partial charge in [0, 0.05) is 36.6 Å². The van der Waals surface area contributed by atoms with Gasteiger partial charge in [-0.1, -0.05) is 44.5 Å². The minimum absolute atomic E-state index is 0.158. The molecule has 2 amide bonds. The van der Waals surface area contributed by atoms with Gasteiger partial charge in [-0.2, -0.15) is 0 Å². The molecule has 1 aromatic carbocycles. The Hall–Kier alpha value is -1.55. The third kappa shape index (κ3) is 3.16. The molecule has 0 N–H and O–H groups in total. The van der Waals surface area contributed by atoms with Crippen molar-refractivity contribution in [3.05, 3.63) is 34.9 Å². The summed E-state index contributed by atoms with van der Waals surface area (Å²) in [5.41, 5.74) is 0.263. The quantitative estimate of drug-likeness (QED) is 0.824. The van der Waals surface area contributed by atoms with E-state index in [4.69, 9.17) is 11.6 Å². The highest BCUT2D eigenvalue weighted by atomic mass is 35.5. The van der Waals surface area contributed by atoms with Gasteiger partial charge in [0.2, 0.25) is 11.8 Å². The van der Waals surface area contributed by atoms with E-state index >= 15 is 0 Å². The van der Waals surface area contributed by atoms with Gasteiger partial charge < -0.3 is 9.80 Å². The Kier molecular flexibility index (Phi) is 4.37. The summed E-state index contributed by atoms with van der Waals surface area (Å²) >= 11 is 6.10. The number of nitrogens with zero attached hydrogens (tertiary/aromatic N) is 2. The summed E-state index contributed by atoms with van der Waals surface area (Å²) in [6.45, 7) is 8.27. The summed E-state index contributed by atoms with van der Waals surface area (Å²) in [4.78, 5) is 29.2. The number of carbonyl (C=O) groups excluding carboxylic acids is 2. The van der Waals surface area contributed by atoms with Gasteiger partial charge in [-0.25, -0.2) is 0 Å². The van der Waals surface area contributed by atoms with E-state index in [1.807, 2.05) is 54.8 Å². The maximum atomic E-state index is 13.0. The standard InChI is InChI=1S/C19H25ClN2O2/c1-18(2,3)16(23)21-9-11-22(12-10-21)17(24)19(7-8-19)14-5-4-6-15(20)13-14/h4-6,13H,7-12H2,1-3H3. The summed E-state index contributed by atoms with van der Waals surface area (Å²) < 4.78 is 0.